The minimum absolute atomic E-state index is 0.134. The van der Waals surface area contributed by atoms with Crippen molar-refractivity contribution in [3.05, 3.63) is 0 Å². The quantitative estimate of drug-likeness (QED) is 0.754. The topological polar surface area (TPSA) is 43.1 Å². The third-order valence-electron chi connectivity index (χ3n) is 2.15. The number of rotatable bonds is 6. The molecule has 0 aromatic heterocycles. The number of nitrogens with two attached hydrogens (primary N) is 1. The van der Waals surface area contributed by atoms with Crippen LogP contribution in [0.1, 0.15) is 33.1 Å². The number of carbonyl (C=O) groups excluding carboxylic acids is 1. The monoisotopic (exact) mass is 225 g/mol. The molecule has 2 nitrogen and oxygen atoms in total. The molecule has 0 aromatic rings. The molecule has 15 heavy (non-hydrogen) atoms. The van der Waals surface area contributed by atoms with Crippen LogP contribution >= 0.6 is 0 Å². The van der Waals surface area contributed by atoms with Crippen molar-refractivity contribution in [3.8, 4) is 0 Å². The Labute approximate surface area is 88.0 Å². The number of hydrogen-bond donors (Lipinski definition) is 1. The Morgan fingerprint density at radius 3 is 2.20 bits per heavy atom. The molecule has 0 aliphatic heterocycles. The van der Waals surface area contributed by atoms with E-state index in [4.69, 9.17) is 5.73 Å². The van der Waals surface area contributed by atoms with Crippen molar-refractivity contribution < 1.29 is 18.0 Å². The van der Waals surface area contributed by atoms with Crippen LogP contribution in [0, 0.1) is 11.8 Å². The van der Waals surface area contributed by atoms with Gasteiger partial charge in [-0.1, -0.05) is 13.8 Å². The summed E-state index contributed by atoms with van der Waals surface area (Å²) in [5.74, 6) is -0.524. The molecule has 0 spiro atoms. The fourth-order valence-electron chi connectivity index (χ4n) is 1.40. The van der Waals surface area contributed by atoms with Crippen LogP contribution in [0.25, 0.3) is 0 Å². The summed E-state index contributed by atoms with van der Waals surface area (Å²) in [6.45, 7) is 3.97. The fraction of sp³-hybridized carbons (Fsp3) is 0.900. The van der Waals surface area contributed by atoms with Gasteiger partial charge in [0.15, 0.2) is 0 Å². The van der Waals surface area contributed by atoms with Gasteiger partial charge < -0.3 is 5.73 Å². The third-order valence-corrected chi connectivity index (χ3v) is 2.15. The molecule has 1 atom stereocenters. The average Bonchev–Trinajstić information content (AvgIpc) is 2.08. The maximum absolute atomic E-state index is 11.9. The van der Waals surface area contributed by atoms with E-state index in [0.717, 1.165) is 0 Å². The molecule has 5 heteroatoms. The van der Waals surface area contributed by atoms with E-state index < -0.39 is 24.9 Å². The second-order valence-electron chi connectivity index (χ2n) is 4.14. The molecule has 0 aliphatic carbocycles. The van der Waals surface area contributed by atoms with E-state index in [0.29, 0.717) is 6.42 Å². The molecular formula is C10H18F3NO. The first-order valence-electron chi connectivity index (χ1n) is 5.05. The standard InChI is InChI=1S/C10H18F3NO/c1-7(2)5-8(6-14)9(15)3-4-10(11,12)13/h7-8H,3-6,14H2,1-2H3. The minimum atomic E-state index is -4.26. The van der Waals surface area contributed by atoms with Crippen LogP contribution in [0.2, 0.25) is 0 Å². The smallest absolute Gasteiger partial charge is 0.330 e. The molecule has 1 unspecified atom stereocenters. The summed E-state index contributed by atoms with van der Waals surface area (Å²) < 4.78 is 35.6. The molecule has 0 aromatic carbocycles. The SMILES string of the molecule is CC(C)CC(CN)C(=O)CCC(F)(F)F. The average molecular weight is 225 g/mol. The lowest BCUT2D eigenvalue weighted by Crippen LogP contribution is -2.26. The lowest BCUT2D eigenvalue weighted by molar-refractivity contribution is -0.144. The molecule has 0 bridgehead atoms. The first kappa shape index (κ1) is 14.4. The summed E-state index contributed by atoms with van der Waals surface area (Å²) in [7, 11) is 0. The van der Waals surface area contributed by atoms with Crippen molar-refractivity contribution >= 4 is 5.78 Å². The van der Waals surface area contributed by atoms with Crippen molar-refractivity contribution in [3.63, 3.8) is 0 Å². The van der Waals surface area contributed by atoms with Crippen LogP contribution in [0.4, 0.5) is 13.2 Å². The van der Waals surface area contributed by atoms with Crippen LogP contribution in [-0.2, 0) is 4.79 Å². The minimum Gasteiger partial charge on any atom is -0.330 e. The van der Waals surface area contributed by atoms with Gasteiger partial charge in [0.25, 0.3) is 0 Å². The highest BCUT2D eigenvalue weighted by Crippen LogP contribution is 2.23. The maximum Gasteiger partial charge on any atom is 0.389 e. The van der Waals surface area contributed by atoms with Gasteiger partial charge in [-0.2, -0.15) is 13.2 Å². The van der Waals surface area contributed by atoms with Gasteiger partial charge >= 0.3 is 6.18 Å². The van der Waals surface area contributed by atoms with E-state index in [1.807, 2.05) is 13.8 Å². The highest BCUT2D eigenvalue weighted by atomic mass is 19.4. The summed E-state index contributed by atoms with van der Waals surface area (Å²) >= 11 is 0. The van der Waals surface area contributed by atoms with Crippen LogP contribution in [0.5, 0.6) is 0 Å². The number of halogens is 3. The van der Waals surface area contributed by atoms with Crippen molar-refractivity contribution in [2.45, 2.75) is 39.3 Å². The molecule has 0 aliphatic rings. The second kappa shape index (κ2) is 6.10. The molecule has 0 rings (SSSR count). The molecule has 0 fully saturated rings. The normalized spacial score (nSPS) is 14.3. The van der Waals surface area contributed by atoms with Crippen LogP contribution in [0.15, 0.2) is 0 Å². The summed E-state index contributed by atoms with van der Waals surface area (Å²) in [6, 6.07) is 0. The van der Waals surface area contributed by atoms with Crippen LogP contribution < -0.4 is 5.73 Å². The number of carbonyl (C=O) groups is 1. The number of hydrogen-bond acceptors (Lipinski definition) is 2. The van der Waals surface area contributed by atoms with Crippen molar-refractivity contribution in [1.82, 2.24) is 0 Å². The first-order chi connectivity index (χ1) is 6.76. The number of alkyl halides is 3. The van der Waals surface area contributed by atoms with Gasteiger partial charge in [-0.15, -0.1) is 0 Å². The molecular weight excluding hydrogens is 207 g/mol. The largest absolute Gasteiger partial charge is 0.389 e. The highest BCUT2D eigenvalue weighted by Gasteiger charge is 2.29. The Hall–Kier alpha value is -0.580. The Morgan fingerprint density at radius 1 is 1.33 bits per heavy atom. The predicted molar refractivity (Wildman–Crippen MR) is 52.3 cm³/mol. The Bertz CT molecular complexity index is 201. The summed E-state index contributed by atoms with van der Waals surface area (Å²) in [4.78, 5) is 11.4. The molecule has 90 valence electrons. The third kappa shape index (κ3) is 7.36. The maximum atomic E-state index is 11.9. The van der Waals surface area contributed by atoms with Gasteiger partial charge in [0.1, 0.15) is 5.78 Å². The Balaban J connectivity index is 4.05. The molecule has 0 heterocycles. The molecule has 0 radical (unpaired) electrons. The van der Waals surface area contributed by atoms with Crippen molar-refractivity contribution in [1.29, 1.82) is 0 Å². The zero-order valence-electron chi connectivity index (χ0n) is 9.10. The second-order valence-corrected chi connectivity index (χ2v) is 4.14. The number of ketones is 1. The van der Waals surface area contributed by atoms with Gasteiger partial charge in [-0.05, 0) is 12.3 Å². The molecule has 0 amide bonds. The zero-order chi connectivity index (χ0) is 12.1. The summed E-state index contributed by atoms with van der Waals surface area (Å²) in [5.41, 5.74) is 5.36. The van der Waals surface area contributed by atoms with E-state index in [9.17, 15) is 18.0 Å². The van der Waals surface area contributed by atoms with E-state index >= 15 is 0 Å². The van der Waals surface area contributed by atoms with E-state index in [-0.39, 0.29) is 18.2 Å². The highest BCUT2D eigenvalue weighted by molar-refractivity contribution is 5.81. The Kier molecular flexibility index (Phi) is 5.87. The van der Waals surface area contributed by atoms with Crippen LogP contribution in [-0.4, -0.2) is 18.5 Å². The predicted octanol–water partition coefficient (Wildman–Crippen LogP) is 2.52. The van der Waals surface area contributed by atoms with Crippen molar-refractivity contribution in [2.75, 3.05) is 6.54 Å². The first-order valence-corrected chi connectivity index (χ1v) is 5.05. The van der Waals surface area contributed by atoms with E-state index in [1.54, 1.807) is 0 Å². The Morgan fingerprint density at radius 2 is 1.87 bits per heavy atom. The summed E-state index contributed by atoms with van der Waals surface area (Å²) in [6.07, 6.45) is -5.18. The van der Waals surface area contributed by atoms with Gasteiger partial charge in [0.2, 0.25) is 0 Å². The van der Waals surface area contributed by atoms with Gasteiger partial charge in [-0.3, -0.25) is 4.79 Å². The molecule has 2 N–H and O–H groups in total. The van der Waals surface area contributed by atoms with Gasteiger partial charge in [0.05, 0.1) is 6.42 Å². The summed E-state index contributed by atoms with van der Waals surface area (Å²) in [5, 5.41) is 0. The molecule has 0 saturated carbocycles. The lowest BCUT2D eigenvalue weighted by atomic mass is 9.91. The van der Waals surface area contributed by atoms with E-state index in [1.165, 1.54) is 0 Å². The van der Waals surface area contributed by atoms with Gasteiger partial charge in [0, 0.05) is 18.9 Å². The zero-order valence-corrected chi connectivity index (χ0v) is 9.10. The van der Waals surface area contributed by atoms with Crippen LogP contribution in [0.3, 0.4) is 0 Å². The number of Topliss-reactive ketones (excluding diaryl/α,β-unsaturated/α-hetero) is 1. The van der Waals surface area contributed by atoms with Gasteiger partial charge in [-0.25, -0.2) is 0 Å². The molecule has 0 saturated heterocycles. The fourth-order valence-corrected chi connectivity index (χ4v) is 1.40. The lowest BCUT2D eigenvalue weighted by Gasteiger charge is -2.16. The van der Waals surface area contributed by atoms with Crippen molar-refractivity contribution in [2.24, 2.45) is 17.6 Å². The van der Waals surface area contributed by atoms with E-state index in [2.05, 4.69) is 0 Å².